The number of benzene rings is 3. The molecular weight excluding hydrogens is 440 g/mol. The van der Waals surface area contributed by atoms with E-state index in [0.717, 1.165) is 21.6 Å². The van der Waals surface area contributed by atoms with Gasteiger partial charge in [0.2, 0.25) is 0 Å². The van der Waals surface area contributed by atoms with E-state index in [0.29, 0.717) is 28.6 Å². The summed E-state index contributed by atoms with van der Waals surface area (Å²) in [5.41, 5.74) is 3.53. The van der Waals surface area contributed by atoms with Crippen molar-refractivity contribution in [2.24, 2.45) is 0 Å². The summed E-state index contributed by atoms with van der Waals surface area (Å²) in [7, 11) is 0. The van der Waals surface area contributed by atoms with E-state index in [2.05, 4.69) is 5.32 Å². The summed E-state index contributed by atoms with van der Waals surface area (Å²) < 4.78 is 5.77. The molecule has 1 fully saturated rings. The van der Waals surface area contributed by atoms with Crippen LogP contribution in [0.1, 0.15) is 22.3 Å². The summed E-state index contributed by atoms with van der Waals surface area (Å²) in [6, 6.07) is 19.1. The van der Waals surface area contributed by atoms with Gasteiger partial charge in [-0.25, -0.2) is 9.69 Å². The topological polar surface area (TPSA) is 75.7 Å². The van der Waals surface area contributed by atoms with Crippen LogP contribution < -0.4 is 15.0 Å². The summed E-state index contributed by atoms with van der Waals surface area (Å²) in [5, 5.41) is 2.89. The molecule has 1 aliphatic rings. The molecule has 3 aromatic carbocycles. The van der Waals surface area contributed by atoms with E-state index in [1.807, 2.05) is 37.3 Å². The first-order valence-electron chi connectivity index (χ1n) is 10.3. The van der Waals surface area contributed by atoms with E-state index < -0.39 is 17.8 Å². The van der Waals surface area contributed by atoms with Gasteiger partial charge in [-0.2, -0.15) is 0 Å². The number of amides is 4. The van der Waals surface area contributed by atoms with Crippen molar-refractivity contribution in [2.75, 3.05) is 4.90 Å². The number of anilines is 1. The SMILES string of the molecule is Cc1ccc(C)c(N2C(=O)NC(=O)/C(=C\c3ccc(OCc4cccc(Cl)c4)cc3)C2=O)c1. The van der Waals surface area contributed by atoms with Gasteiger partial charge in [0.1, 0.15) is 17.9 Å². The van der Waals surface area contributed by atoms with Crippen LogP contribution >= 0.6 is 11.6 Å². The predicted octanol–water partition coefficient (Wildman–Crippen LogP) is 5.20. The lowest BCUT2D eigenvalue weighted by molar-refractivity contribution is -0.122. The van der Waals surface area contributed by atoms with Gasteiger partial charge in [0.05, 0.1) is 5.69 Å². The van der Waals surface area contributed by atoms with E-state index in [1.165, 1.54) is 6.08 Å². The zero-order valence-electron chi connectivity index (χ0n) is 18.1. The van der Waals surface area contributed by atoms with Crippen molar-refractivity contribution in [3.05, 3.63) is 99.6 Å². The van der Waals surface area contributed by atoms with Crippen molar-refractivity contribution in [1.29, 1.82) is 0 Å². The molecule has 1 saturated heterocycles. The van der Waals surface area contributed by atoms with Crippen molar-refractivity contribution < 1.29 is 19.1 Å². The van der Waals surface area contributed by atoms with Crippen LogP contribution in [-0.2, 0) is 16.2 Å². The Morgan fingerprint density at radius 1 is 0.970 bits per heavy atom. The second kappa shape index (κ2) is 9.30. The van der Waals surface area contributed by atoms with Crippen LogP contribution in [0.5, 0.6) is 5.75 Å². The van der Waals surface area contributed by atoms with E-state index in [9.17, 15) is 14.4 Å². The quantitative estimate of drug-likeness (QED) is 0.419. The molecule has 166 valence electrons. The van der Waals surface area contributed by atoms with Crippen molar-refractivity contribution >= 4 is 41.2 Å². The van der Waals surface area contributed by atoms with Gasteiger partial charge in [0.15, 0.2) is 0 Å². The molecule has 0 aliphatic carbocycles. The second-order valence-electron chi connectivity index (χ2n) is 7.74. The number of nitrogens with one attached hydrogen (secondary N) is 1. The maximum absolute atomic E-state index is 13.1. The number of carbonyl (C=O) groups is 3. The van der Waals surface area contributed by atoms with Crippen LogP contribution in [-0.4, -0.2) is 17.8 Å². The molecule has 4 amide bonds. The summed E-state index contributed by atoms with van der Waals surface area (Å²) in [4.78, 5) is 39.0. The fourth-order valence-corrected chi connectivity index (χ4v) is 3.67. The Balaban J connectivity index is 1.54. The van der Waals surface area contributed by atoms with Crippen LogP contribution in [0.25, 0.3) is 6.08 Å². The molecule has 0 aromatic heterocycles. The lowest BCUT2D eigenvalue weighted by atomic mass is 10.0. The summed E-state index contributed by atoms with van der Waals surface area (Å²) in [6.07, 6.45) is 1.46. The number of urea groups is 1. The van der Waals surface area contributed by atoms with Crippen molar-refractivity contribution in [3.63, 3.8) is 0 Å². The first kappa shape index (κ1) is 22.3. The molecule has 4 rings (SSSR count). The Hall–Kier alpha value is -3.90. The van der Waals surface area contributed by atoms with Gasteiger partial charge >= 0.3 is 6.03 Å². The molecule has 0 unspecified atom stereocenters. The minimum absolute atomic E-state index is 0.122. The van der Waals surface area contributed by atoms with Gasteiger partial charge in [-0.15, -0.1) is 0 Å². The molecule has 3 aromatic rings. The molecule has 1 N–H and O–H groups in total. The summed E-state index contributed by atoms with van der Waals surface area (Å²) in [5.74, 6) is -0.768. The second-order valence-corrected chi connectivity index (χ2v) is 8.17. The van der Waals surface area contributed by atoms with Crippen molar-refractivity contribution in [2.45, 2.75) is 20.5 Å². The first-order chi connectivity index (χ1) is 15.8. The Morgan fingerprint density at radius 2 is 1.73 bits per heavy atom. The number of barbiturate groups is 1. The predicted molar refractivity (Wildman–Crippen MR) is 127 cm³/mol. The number of imide groups is 2. The average Bonchev–Trinajstić information content (AvgIpc) is 2.78. The minimum atomic E-state index is -0.763. The number of halogens is 1. The van der Waals surface area contributed by atoms with Crippen LogP contribution in [0.3, 0.4) is 0 Å². The molecule has 1 aliphatic heterocycles. The third-order valence-corrected chi connectivity index (χ3v) is 5.43. The smallest absolute Gasteiger partial charge is 0.335 e. The molecule has 1 heterocycles. The van der Waals surface area contributed by atoms with Gasteiger partial charge in [0.25, 0.3) is 11.8 Å². The summed E-state index contributed by atoms with van der Waals surface area (Å²) in [6.45, 7) is 4.03. The normalized spacial score (nSPS) is 15.1. The maximum atomic E-state index is 13.1. The fourth-order valence-electron chi connectivity index (χ4n) is 3.46. The molecule has 33 heavy (non-hydrogen) atoms. The largest absolute Gasteiger partial charge is 0.489 e. The minimum Gasteiger partial charge on any atom is -0.489 e. The van der Waals surface area contributed by atoms with Crippen molar-refractivity contribution in [1.82, 2.24) is 5.32 Å². The van der Waals surface area contributed by atoms with Crippen LogP contribution in [0.4, 0.5) is 10.5 Å². The van der Waals surface area contributed by atoms with Gasteiger partial charge < -0.3 is 4.74 Å². The number of aryl methyl sites for hydroxylation is 2. The van der Waals surface area contributed by atoms with Crippen molar-refractivity contribution in [3.8, 4) is 5.75 Å². The molecule has 6 nitrogen and oxygen atoms in total. The average molecular weight is 461 g/mol. The number of rotatable bonds is 5. The number of hydrogen-bond acceptors (Lipinski definition) is 4. The zero-order chi connectivity index (χ0) is 23.5. The third-order valence-electron chi connectivity index (χ3n) is 5.19. The lowest BCUT2D eigenvalue weighted by Gasteiger charge is -2.27. The monoisotopic (exact) mass is 460 g/mol. The summed E-state index contributed by atoms with van der Waals surface area (Å²) >= 11 is 5.99. The number of carbonyl (C=O) groups excluding carboxylic acids is 3. The molecule has 0 atom stereocenters. The Bertz CT molecular complexity index is 1280. The Labute approximate surface area is 196 Å². The van der Waals surface area contributed by atoms with Gasteiger partial charge in [-0.1, -0.05) is 48.0 Å². The number of ether oxygens (including phenoxy) is 1. The highest BCUT2D eigenvalue weighted by Gasteiger charge is 2.37. The molecule has 0 radical (unpaired) electrons. The van der Waals surface area contributed by atoms with Gasteiger partial charge in [-0.3, -0.25) is 14.9 Å². The van der Waals surface area contributed by atoms with E-state index in [1.54, 1.807) is 43.3 Å². The van der Waals surface area contributed by atoms with Crippen LogP contribution in [0.15, 0.2) is 72.3 Å². The standard InChI is InChI=1S/C26H21ClN2O4/c1-16-6-7-17(2)23(12-16)29-25(31)22(24(30)28-26(29)32)14-18-8-10-21(11-9-18)33-15-19-4-3-5-20(27)13-19/h3-14H,15H2,1-2H3,(H,28,30,32)/b22-14+. The molecule has 0 bridgehead atoms. The zero-order valence-corrected chi connectivity index (χ0v) is 18.8. The number of hydrogen-bond donors (Lipinski definition) is 1. The molecule has 0 saturated carbocycles. The highest BCUT2D eigenvalue weighted by molar-refractivity contribution is 6.39. The van der Waals surface area contributed by atoms with Crippen LogP contribution in [0.2, 0.25) is 5.02 Å². The molecule has 7 heteroatoms. The van der Waals surface area contributed by atoms with Gasteiger partial charge in [-0.05, 0) is 72.5 Å². The first-order valence-corrected chi connectivity index (χ1v) is 10.7. The Morgan fingerprint density at radius 3 is 2.45 bits per heavy atom. The third kappa shape index (κ3) is 4.96. The number of nitrogens with zero attached hydrogens (tertiary/aromatic N) is 1. The highest BCUT2D eigenvalue weighted by atomic mass is 35.5. The molecule has 0 spiro atoms. The maximum Gasteiger partial charge on any atom is 0.335 e. The fraction of sp³-hybridized carbons (Fsp3) is 0.115. The molecular formula is C26H21ClN2O4. The lowest BCUT2D eigenvalue weighted by Crippen LogP contribution is -2.54. The van der Waals surface area contributed by atoms with Gasteiger partial charge in [0, 0.05) is 5.02 Å². The van der Waals surface area contributed by atoms with E-state index >= 15 is 0 Å². The highest BCUT2D eigenvalue weighted by Crippen LogP contribution is 2.26. The van der Waals surface area contributed by atoms with E-state index in [4.69, 9.17) is 16.3 Å². The van der Waals surface area contributed by atoms with Crippen LogP contribution in [0, 0.1) is 13.8 Å². The van der Waals surface area contributed by atoms with E-state index in [-0.39, 0.29) is 5.57 Å². The Kier molecular flexibility index (Phi) is 6.29.